The summed E-state index contributed by atoms with van der Waals surface area (Å²) >= 11 is 0. The fourth-order valence-corrected chi connectivity index (χ4v) is 1.32. The predicted molar refractivity (Wildman–Crippen MR) is 51.8 cm³/mol. The van der Waals surface area contributed by atoms with Gasteiger partial charge in [-0.3, -0.25) is 4.79 Å². The number of hydrogen-bond acceptors (Lipinski definition) is 2. The van der Waals surface area contributed by atoms with Crippen LogP contribution in [0, 0.1) is 18.3 Å². The number of rotatable bonds is 2. The van der Waals surface area contributed by atoms with Gasteiger partial charge in [0.15, 0.2) is 0 Å². The molecule has 0 heterocycles. The molecular formula is C10H16N2O. The Morgan fingerprint density at radius 2 is 2.15 bits per heavy atom. The molecule has 0 spiro atoms. The van der Waals surface area contributed by atoms with Gasteiger partial charge in [-0.05, 0) is 26.7 Å². The van der Waals surface area contributed by atoms with Crippen LogP contribution < -0.4 is 11.1 Å². The third kappa shape index (κ3) is 2.46. The Morgan fingerprint density at radius 1 is 1.62 bits per heavy atom. The van der Waals surface area contributed by atoms with Gasteiger partial charge in [0.2, 0.25) is 5.91 Å². The number of carbonyl (C=O) groups is 1. The van der Waals surface area contributed by atoms with Crippen LogP contribution in [0.5, 0.6) is 0 Å². The van der Waals surface area contributed by atoms with Crippen LogP contribution in [0.3, 0.4) is 0 Å². The molecule has 0 saturated heterocycles. The molecule has 0 bridgehead atoms. The van der Waals surface area contributed by atoms with Crippen molar-refractivity contribution in [3.8, 4) is 12.3 Å². The minimum absolute atomic E-state index is 0.0321. The van der Waals surface area contributed by atoms with Gasteiger partial charge in [-0.1, -0.05) is 5.92 Å². The zero-order chi connectivity index (χ0) is 10.1. The zero-order valence-electron chi connectivity index (χ0n) is 8.13. The third-order valence-corrected chi connectivity index (χ3v) is 2.34. The number of hydrogen-bond donors (Lipinski definition) is 2. The van der Waals surface area contributed by atoms with E-state index in [1.54, 1.807) is 0 Å². The Labute approximate surface area is 79.1 Å². The van der Waals surface area contributed by atoms with E-state index in [2.05, 4.69) is 11.2 Å². The van der Waals surface area contributed by atoms with E-state index in [1.165, 1.54) is 0 Å². The summed E-state index contributed by atoms with van der Waals surface area (Å²) in [6.45, 7) is 3.62. The lowest BCUT2D eigenvalue weighted by molar-refractivity contribution is -0.129. The molecule has 72 valence electrons. The minimum Gasteiger partial charge on any atom is -0.340 e. The fraction of sp³-hybridized carbons (Fsp3) is 0.700. The molecule has 3 heteroatoms. The van der Waals surface area contributed by atoms with Crippen molar-refractivity contribution in [2.75, 3.05) is 0 Å². The van der Waals surface area contributed by atoms with E-state index in [0.29, 0.717) is 0 Å². The van der Waals surface area contributed by atoms with Gasteiger partial charge < -0.3 is 11.1 Å². The standard InChI is InChI=1S/C10H16N2O/c1-4-10(2,3)12-9(13)7-5-8(11)6-7/h1,7-8H,5-6,11H2,2-3H3,(H,12,13). The van der Waals surface area contributed by atoms with Crippen molar-refractivity contribution in [3.63, 3.8) is 0 Å². The quantitative estimate of drug-likeness (QED) is 0.599. The van der Waals surface area contributed by atoms with Gasteiger partial charge in [-0.2, -0.15) is 0 Å². The second kappa shape index (κ2) is 3.39. The molecule has 0 aliphatic heterocycles. The molecule has 1 fully saturated rings. The second-order valence-electron chi connectivity index (χ2n) is 4.19. The summed E-state index contributed by atoms with van der Waals surface area (Å²) in [4.78, 5) is 11.5. The molecule has 1 aliphatic rings. The topological polar surface area (TPSA) is 55.1 Å². The first-order valence-corrected chi connectivity index (χ1v) is 4.50. The number of nitrogens with one attached hydrogen (secondary N) is 1. The highest BCUT2D eigenvalue weighted by molar-refractivity contribution is 5.80. The third-order valence-electron chi connectivity index (χ3n) is 2.34. The average molecular weight is 180 g/mol. The van der Waals surface area contributed by atoms with Crippen LogP contribution in [-0.4, -0.2) is 17.5 Å². The summed E-state index contributed by atoms with van der Waals surface area (Å²) in [6, 6.07) is 0.199. The molecule has 1 aliphatic carbocycles. The predicted octanol–water partition coefficient (Wildman–Crippen LogP) is 0.252. The maximum Gasteiger partial charge on any atom is 0.224 e. The van der Waals surface area contributed by atoms with Crippen LogP contribution >= 0.6 is 0 Å². The summed E-state index contributed by atoms with van der Waals surface area (Å²) < 4.78 is 0. The smallest absolute Gasteiger partial charge is 0.224 e. The van der Waals surface area contributed by atoms with E-state index < -0.39 is 5.54 Å². The first-order chi connectivity index (χ1) is 5.94. The summed E-state index contributed by atoms with van der Waals surface area (Å²) in [7, 11) is 0. The van der Waals surface area contributed by atoms with E-state index in [4.69, 9.17) is 12.2 Å². The van der Waals surface area contributed by atoms with Crippen molar-refractivity contribution in [1.82, 2.24) is 5.32 Å². The Kier molecular flexibility index (Phi) is 2.63. The van der Waals surface area contributed by atoms with Crippen molar-refractivity contribution in [2.45, 2.75) is 38.3 Å². The minimum atomic E-state index is -0.545. The van der Waals surface area contributed by atoms with Crippen LogP contribution in [-0.2, 0) is 4.79 Å². The van der Waals surface area contributed by atoms with Crippen LogP contribution in [0.1, 0.15) is 26.7 Å². The first kappa shape index (κ1) is 10.1. The molecule has 1 amide bonds. The van der Waals surface area contributed by atoms with Crippen molar-refractivity contribution in [1.29, 1.82) is 0 Å². The van der Waals surface area contributed by atoms with Gasteiger partial charge in [0.25, 0.3) is 0 Å². The maximum absolute atomic E-state index is 11.5. The Bertz CT molecular complexity index is 246. The van der Waals surface area contributed by atoms with Gasteiger partial charge in [0.05, 0.1) is 5.54 Å². The van der Waals surface area contributed by atoms with Gasteiger partial charge in [0, 0.05) is 12.0 Å². The second-order valence-corrected chi connectivity index (χ2v) is 4.19. The molecular weight excluding hydrogens is 164 g/mol. The van der Waals surface area contributed by atoms with Crippen LogP contribution in [0.4, 0.5) is 0 Å². The lowest BCUT2D eigenvalue weighted by Crippen LogP contribution is -2.50. The number of carbonyl (C=O) groups excluding carboxylic acids is 1. The largest absolute Gasteiger partial charge is 0.340 e. The van der Waals surface area contributed by atoms with Gasteiger partial charge in [0.1, 0.15) is 0 Å². The molecule has 0 atom stereocenters. The van der Waals surface area contributed by atoms with Crippen LogP contribution in [0.25, 0.3) is 0 Å². The van der Waals surface area contributed by atoms with E-state index >= 15 is 0 Å². The summed E-state index contributed by atoms with van der Waals surface area (Å²) in [6.07, 6.45) is 6.82. The van der Waals surface area contributed by atoms with Gasteiger partial charge >= 0.3 is 0 Å². The summed E-state index contributed by atoms with van der Waals surface area (Å²) in [5.41, 5.74) is 5.04. The molecule has 0 unspecified atom stereocenters. The van der Waals surface area contributed by atoms with Crippen LogP contribution in [0.2, 0.25) is 0 Å². The van der Waals surface area contributed by atoms with Crippen molar-refractivity contribution >= 4 is 5.91 Å². The molecule has 1 rings (SSSR count). The lowest BCUT2D eigenvalue weighted by atomic mass is 9.80. The van der Waals surface area contributed by atoms with Gasteiger partial charge in [-0.25, -0.2) is 0 Å². The number of terminal acetylenes is 1. The van der Waals surface area contributed by atoms with E-state index in [-0.39, 0.29) is 17.9 Å². The first-order valence-electron chi connectivity index (χ1n) is 4.50. The van der Waals surface area contributed by atoms with E-state index in [9.17, 15) is 4.79 Å². The highest BCUT2D eigenvalue weighted by Gasteiger charge is 2.33. The maximum atomic E-state index is 11.5. The van der Waals surface area contributed by atoms with E-state index in [0.717, 1.165) is 12.8 Å². The zero-order valence-corrected chi connectivity index (χ0v) is 8.13. The molecule has 0 aromatic heterocycles. The van der Waals surface area contributed by atoms with E-state index in [1.807, 2.05) is 13.8 Å². The Balaban J connectivity index is 2.39. The molecule has 0 aromatic rings. The number of amides is 1. The molecule has 1 saturated carbocycles. The molecule has 0 radical (unpaired) electrons. The molecule has 3 nitrogen and oxygen atoms in total. The highest BCUT2D eigenvalue weighted by Crippen LogP contribution is 2.26. The normalized spacial score (nSPS) is 27.2. The SMILES string of the molecule is C#CC(C)(C)NC(=O)C1CC(N)C1. The monoisotopic (exact) mass is 180 g/mol. The summed E-state index contributed by atoms with van der Waals surface area (Å²) in [5, 5.41) is 2.80. The van der Waals surface area contributed by atoms with Crippen molar-refractivity contribution in [3.05, 3.63) is 0 Å². The van der Waals surface area contributed by atoms with Crippen molar-refractivity contribution < 1.29 is 4.79 Å². The number of nitrogens with two attached hydrogens (primary N) is 1. The highest BCUT2D eigenvalue weighted by atomic mass is 16.2. The molecule has 3 N–H and O–H groups in total. The van der Waals surface area contributed by atoms with Crippen LogP contribution in [0.15, 0.2) is 0 Å². The Morgan fingerprint density at radius 3 is 2.54 bits per heavy atom. The average Bonchev–Trinajstić information content (AvgIpc) is 1.98. The fourth-order valence-electron chi connectivity index (χ4n) is 1.32. The molecule has 0 aromatic carbocycles. The van der Waals surface area contributed by atoms with Gasteiger partial charge in [-0.15, -0.1) is 6.42 Å². The van der Waals surface area contributed by atoms with Crippen molar-refractivity contribution in [2.24, 2.45) is 11.7 Å². The molecule has 13 heavy (non-hydrogen) atoms. The summed E-state index contributed by atoms with van der Waals surface area (Å²) in [5.74, 6) is 2.63. The Hall–Kier alpha value is -1.01. The lowest BCUT2D eigenvalue weighted by Gasteiger charge is -2.33.